The van der Waals surface area contributed by atoms with Crippen molar-refractivity contribution in [2.24, 2.45) is 0 Å². The molecule has 0 aliphatic carbocycles. The second-order valence-corrected chi connectivity index (χ2v) is 3.54. The zero-order valence-corrected chi connectivity index (χ0v) is 9.47. The van der Waals surface area contributed by atoms with E-state index in [0.29, 0.717) is 6.04 Å². The van der Waals surface area contributed by atoms with Crippen molar-refractivity contribution >= 4 is 5.91 Å². The van der Waals surface area contributed by atoms with Gasteiger partial charge in [0.25, 0.3) is 0 Å². The first kappa shape index (κ1) is 12.5. The lowest BCUT2D eigenvalue weighted by molar-refractivity contribution is -0.131. The van der Waals surface area contributed by atoms with Gasteiger partial charge in [-0.15, -0.1) is 0 Å². The van der Waals surface area contributed by atoms with Gasteiger partial charge >= 0.3 is 0 Å². The molecule has 1 amide bonds. The highest BCUT2D eigenvalue weighted by Gasteiger charge is 2.16. The van der Waals surface area contributed by atoms with Crippen molar-refractivity contribution in [1.82, 2.24) is 4.90 Å². The average molecular weight is 185 g/mol. The van der Waals surface area contributed by atoms with Crippen LogP contribution in [0.5, 0.6) is 0 Å². The van der Waals surface area contributed by atoms with E-state index in [2.05, 4.69) is 20.8 Å². The van der Waals surface area contributed by atoms with Gasteiger partial charge in [0.1, 0.15) is 0 Å². The standard InChI is InChI=1S/C11H23NO/c1-5-8-9-12(10(4)13)11(6-2)7-3/h11H,5-9H2,1-4H3. The first-order valence-corrected chi connectivity index (χ1v) is 5.44. The van der Waals surface area contributed by atoms with Crippen LogP contribution in [0.4, 0.5) is 0 Å². The van der Waals surface area contributed by atoms with E-state index < -0.39 is 0 Å². The number of hydrogen-bond acceptors (Lipinski definition) is 1. The molecule has 0 aliphatic rings. The second kappa shape index (κ2) is 6.93. The maximum atomic E-state index is 11.3. The van der Waals surface area contributed by atoms with E-state index in [0.717, 1.165) is 32.2 Å². The quantitative estimate of drug-likeness (QED) is 0.623. The van der Waals surface area contributed by atoms with Crippen molar-refractivity contribution < 1.29 is 4.79 Å². The van der Waals surface area contributed by atoms with Crippen molar-refractivity contribution in [1.29, 1.82) is 0 Å². The van der Waals surface area contributed by atoms with Crippen molar-refractivity contribution in [3.8, 4) is 0 Å². The third kappa shape index (κ3) is 4.30. The molecule has 13 heavy (non-hydrogen) atoms. The number of carbonyl (C=O) groups is 1. The maximum Gasteiger partial charge on any atom is 0.219 e. The Balaban J connectivity index is 4.12. The molecule has 0 saturated carbocycles. The highest BCUT2D eigenvalue weighted by atomic mass is 16.2. The van der Waals surface area contributed by atoms with Crippen LogP contribution in [0.3, 0.4) is 0 Å². The van der Waals surface area contributed by atoms with Crippen LogP contribution < -0.4 is 0 Å². The van der Waals surface area contributed by atoms with Crippen LogP contribution in [0.1, 0.15) is 53.4 Å². The molecular formula is C11H23NO. The molecule has 0 N–H and O–H groups in total. The van der Waals surface area contributed by atoms with E-state index in [1.807, 2.05) is 4.90 Å². The first-order valence-electron chi connectivity index (χ1n) is 5.44. The fourth-order valence-electron chi connectivity index (χ4n) is 1.66. The SMILES string of the molecule is CCCCN(C(C)=O)C(CC)CC. The highest BCUT2D eigenvalue weighted by Crippen LogP contribution is 2.09. The molecule has 0 radical (unpaired) electrons. The van der Waals surface area contributed by atoms with Crippen molar-refractivity contribution in [2.75, 3.05) is 6.54 Å². The summed E-state index contributed by atoms with van der Waals surface area (Å²) in [6.07, 6.45) is 4.42. The van der Waals surface area contributed by atoms with Crippen LogP contribution in [0.25, 0.3) is 0 Å². The lowest BCUT2D eigenvalue weighted by atomic mass is 10.1. The molecule has 0 aliphatic heterocycles. The molecule has 0 atom stereocenters. The van der Waals surface area contributed by atoms with Crippen LogP contribution in [0, 0.1) is 0 Å². The van der Waals surface area contributed by atoms with Gasteiger partial charge in [0, 0.05) is 19.5 Å². The number of hydrogen-bond donors (Lipinski definition) is 0. The number of carbonyl (C=O) groups excluding carboxylic acids is 1. The number of rotatable bonds is 6. The molecule has 0 spiro atoms. The zero-order chi connectivity index (χ0) is 10.3. The summed E-state index contributed by atoms with van der Waals surface area (Å²) < 4.78 is 0. The van der Waals surface area contributed by atoms with Gasteiger partial charge in [-0.1, -0.05) is 27.2 Å². The summed E-state index contributed by atoms with van der Waals surface area (Å²) in [5.74, 6) is 0.224. The van der Waals surface area contributed by atoms with Crippen molar-refractivity contribution in [2.45, 2.75) is 59.4 Å². The van der Waals surface area contributed by atoms with E-state index >= 15 is 0 Å². The Labute approximate surface area is 82.3 Å². The molecule has 0 saturated heterocycles. The van der Waals surface area contributed by atoms with Gasteiger partial charge in [-0.25, -0.2) is 0 Å². The number of unbranched alkanes of at least 4 members (excludes halogenated alkanes) is 1. The lowest BCUT2D eigenvalue weighted by Crippen LogP contribution is -2.38. The van der Waals surface area contributed by atoms with E-state index in [1.54, 1.807) is 6.92 Å². The third-order valence-electron chi connectivity index (χ3n) is 2.54. The molecule has 78 valence electrons. The average Bonchev–Trinajstić information content (AvgIpc) is 2.11. The molecule has 0 heterocycles. The molecule has 0 aromatic rings. The van der Waals surface area contributed by atoms with Crippen LogP contribution >= 0.6 is 0 Å². The van der Waals surface area contributed by atoms with Gasteiger partial charge in [-0.05, 0) is 19.3 Å². The molecule has 0 aromatic carbocycles. The molecule has 2 nitrogen and oxygen atoms in total. The topological polar surface area (TPSA) is 20.3 Å². The minimum absolute atomic E-state index is 0.224. The summed E-state index contributed by atoms with van der Waals surface area (Å²) in [5, 5.41) is 0. The largest absolute Gasteiger partial charge is 0.340 e. The fourth-order valence-corrected chi connectivity index (χ4v) is 1.66. The fraction of sp³-hybridized carbons (Fsp3) is 0.909. The minimum atomic E-state index is 0.224. The van der Waals surface area contributed by atoms with Crippen molar-refractivity contribution in [3.05, 3.63) is 0 Å². The monoisotopic (exact) mass is 185 g/mol. The van der Waals surface area contributed by atoms with Gasteiger partial charge in [0.05, 0.1) is 0 Å². The zero-order valence-electron chi connectivity index (χ0n) is 9.47. The Bertz CT molecular complexity index is 141. The predicted octanol–water partition coefficient (Wildman–Crippen LogP) is 2.82. The summed E-state index contributed by atoms with van der Waals surface area (Å²) in [5.41, 5.74) is 0. The van der Waals surface area contributed by atoms with Gasteiger partial charge in [0.15, 0.2) is 0 Å². The molecule has 0 bridgehead atoms. The summed E-state index contributed by atoms with van der Waals surface area (Å²) in [6.45, 7) is 9.06. The highest BCUT2D eigenvalue weighted by molar-refractivity contribution is 5.73. The van der Waals surface area contributed by atoms with Gasteiger partial charge < -0.3 is 4.90 Å². The van der Waals surface area contributed by atoms with Crippen LogP contribution in [0.15, 0.2) is 0 Å². The van der Waals surface area contributed by atoms with Crippen molar-refractivity contribution in [3.63, 3.8) is 0 Å². The van der Waals surface area contributed by atoms with Crippen LogP contribution in [0.2, 0.25) is 0 Å². The Morgan fingerprint density at radius 2 is 1.77 bits per heavy atom. The van der Waals surface area contributed by atoms with Gasteiger partial charge in [-0.3, -0.25) is 4.79 Å². The summed E-state index contributed by atoms with van der Waals surface area (Å²) in [7, 11) is 0. The molecule has 0 rings (SSSR count). The van der Waals surface area contributed by atoms with E-state index in [9.17, 15) is 4.79 Å². The molecule has 2 heteroatoms. The van der Waals surface area contributed by atoms with E-state index in [4.69, 9.17) is 0 Å². The summed E-state index contributed by atoms with van der Waals surface area (Å²) in [6, 6.07) is 0.448. The lowest BCUT2D eigenvalue weighted by Gasteiger charge is -2.29. The van der Waals surface area contributed by atoms with Crippen LogP contribution in [-0.2, 0) is 4.79 Å². The van der Waals surface area contributed by atoms with Gasteiger partial charge in [-0.2, -0.15) is 0 Å². The Morgan fingerprint density at radius 3 is 2.08 bits per heavy atom. The van der Waals surface area contributed by atoms with E-state index in [1.165, 1.54) is 0 Å². The Kier molecular flexibility index (Phi) is 6.65. The second-order valence-electron chi connectivity index (χ2n) is 3.54. The number of nitrogens with zero attached hydrogens (tertiary/aromatic N) is 1. The smallest absolute Gasteiger partial charge is 0.219 e. The maximum absolute atomic E-state index is 11.3. The number of amides is 1. The molecule has 0 unspecified atom stereocenters. The molecule has 0 aromatic heterocycles. The summed E-state index contributed by atoms with van der Waals surface area (Å²) >= 11 is 0. The summed E-state index contributed by atoms with van der Waals surface area (Å²) in [4.78, 5) is 13.4. The Morgan fingerprint density at radius 1 is 1.23 bits per heavy atom. The first-order chi connectivity index (χ1) is 6.17. The minimum Gasteiger partial charge on any atom is -0.340 e. The predicted molar refractivity (Wildman–Crippen MR) is 56.7 cm³/mol. The van der Waals surface area contributed by atoms with Crippen LogP contribution in [-0.4, -0.2) is 23.4 Å². The molecule has 0 fully saturated rings. The van der Waals surface area contributed by atoms with E-state index in [-0.39, 0.29) is 5.91 Å². The molecular weight excluding hydrogens is 162 g/mol. The third-order valence-corrected chi connectivity index (χ3v) is 2.54. The van der Waals surface area contributed by atoms with Gasteiger partial charge in [0.2, 0.25) is 5.91 Å². The normalized spacial score (nSPS) is 10.5. The Hall–Kier alpha value is -0.530.